The van der Waals surface area contributed by atoms with Gasteiger partial charge in [0, 0.05) is 25.7 Å². The zero-order chi connectivity index (χ0) is 12.0. The number of urea groups is 1. The molecule has 4 nitrogen and oxygen atoms in total. The summed E-state index contributed by atoms with van der Waals surface area (Å²) >= 11 is 0. The molecule has 0 radical (unpaired) electrons. The van der Waals surface area contributed by atoms with E-state index in [2.05, 4.69) is 17.1 Å². The molecule has 1 aliphatic heterocycles. The van der Waals surface area contributed by atoms with Gasteiger partial charge in [-0.1, -0.05) is 12.8 Å². The molecule has 94 valence electrons. The number of likely N-dealkylation sites (N-methyl/N-ethyl adjacent to an activating group) is 1. The fraction of sp³-hybridized carbons (Fsp3) is 0.917. The van der Waals surface area contributed by atoms with Crippen LogP contribution in [0.5, 0.6) is 0 Å². The van der Waals surface area contributed by atoms with E-state index in [-0.39, 0.29) is 6.03 Å². The van der Waals surface area contributed by atoms with Crippen LogP contribution in [-0.2, 0) is 0 Å². The van der Waals surface area contributed by atoms with Crippen LogP contribution in [0.15, 0.2) is 0 Å². The van der Waals surface area contributed by atoms with Gasteiger partial charge in [0.1, 0.15) is 0 Å². The Hall–Kier alpha value is -0.770. The molecule has 16 heavy (non-hydrogen) atoms. The smallest absolute Gasteiger partial charge is 0.317 e. The summed E-state index contributed by atoms with van der Waals surface area (Å²) in [4.78, 5) is 15.9. The minimum Gasteiger partial charge on any atom is -0.336 e. The number of nitrogens with zero attached hydrogens (tertiary/aromatic N) is 2. The maximum Gasteiger partial charge on any atom is 0.317 e. The SMILES string of the molecule is CC(CNC(=O)N1CCCCCC1)N(C)C. The second kappa shape index (κ2) is 6.74. The van der Waals surface area contributed by atoms with Gasteiger partial charge in [-0.25, -0.2) is 4.79 Å². The fourth-order valence-corrected chi connectivity index (χ4v) is 1.80. The van der Waals surface area contributed by atoms with Crippen LogP contribution in [0.2, 0.25) is 0 Å². The molecule has 1 heterocycles. The van der Waals surface area contributed by atoms with Crippen molar-refractivity contribution in [2.24, 2.45) is 0 Å². The Morgan fingerprint density at radius 3 is 2.31 bits per heavy atom. The maximum atomic E-state index is 11.9. The van der Waals surface area contributed by atoms with E-state index in [1.807, 2.05) is 19.0 Å². The normalized spacial score (nSPS) is 19.4. The van der Waals surface area contributed by atoms with E-state index in [4.69, 9.17) is 0 Å². The molecule has 1 aliphatic rings. The van der Waals surface area contributed by atoms with E-state index >= 15 is 0 Å². The first-order valence-electron chi connectivity index (χ1n) is 6.30. The zero-order valence-electron chi connectivity index (χ0n) is 10.8. The van der Waals surface area contributed by atoms with Gasteiger partial charge in [-0.3, -0.25) is 0 Å². The Bertz CT molecular complexity index is 210. The lowest BCUT2D eigenvalue weighted by Gasteiger charge is -2.24. The second-order valence-electron chi connectivity index (χ2n) is 4.90. The number of rotatable bonds is 3. The van der Waals surface area contributed by atoms with Crippen molar-refractivity contribution < 1.29 is 4.79 Å². The standard InChI is InChI=1S/C12H25N3O/c1-11(14(2)3)10-13-12(16)15-8-6-4-5-7-9-15/h11H,4-10H2,1-3H3,(H,13,16). The van der Waals surface area contributed by atoms with Gasteiger partial charge < -0.3 is 15.1 Å². The molecule has 4 heteroatoms. The summed E-state index contributed by atoms with van der Waals surface area (Å²) < 4.78 is 0. The van der Waals surface area contributed by atoms with Gasteiger partial charge in [0.25, 0.3) is 0 Å². The quantitative estimate of drug-likeness (QED) is 0.793. The van der Waals surface area contributed by atoms with Gasteiger partial charge >= 0.3 is 6.03 Å². The summed E-state index contributed by atoms with van der Waals surface area (Å²) in [7, 11) is 4.06. The number of hydrogen-bond donors (Lipinski definition) is 1. The average molecular weight is 227 g/mol. The lowest BCUT2D eigenvalue weighted by Crippen LogP contribution is -2.45. The van der Waals surface area contributed by atoms with Crippen molar-refractivity contribution in [2.45, 2.75) is 38.6 Å². The van der Waals surface area contributed by atoms with Gasteiger partial charge in [-0.2, -0.15) is 0 Å². The van der Waals surface area contributed by atoms with E-state index in [1.54, 1.807) is 0 Å². The highest BCUT2D eigenvalue weighted by Gasteiger charge is 2.15. The highest BCUT2D eigenvalue weighted by atomic mass is 16.2. The molecule has 2 amide bonds. The fourth-order valence-electron chi connectivity index (χ4n) is 1.80. The molecule has 0 bridgehead atoms. The summed E-state index contributed by atoms with van der Waals surface area (Å²) in [5.41, 5.74) is 0. The summed E-state index contributed by atoms with van der Waals surface area (Å²) in [6.07, 6.45) is 4.82. The number of nitrogens with one attached hydrogen (secondary N) is 1. The summed E-state index contributed by atoms with van der Waals surface area (Å²) in [6, 6.07) is 0.492. The Kier molecular flexibility index (Phi) is 5.60. The Balaban J connectivity index is 2.27. The molecule has 0 spiro atoms. The van der Waals surface area contributed by atoms with Crippen LogP contribution in [0.1, 0.15) is 32.6 Å². The predicted molar refractivity (Wildman–Crippen MR) is 66.6 cm³/mol. The van der Waals surface area contributed by atoms with Crippen molar-refractivity contribution in [1.82, 2.24) is 15.1 Å². The lowest BCUT2D eigenvalue weighted by atomic mass is 10.2. The van der Waals surface area contributed by atoms with Crippen molar-refractivity contribution in [3.05, 3.63) is 0 Å². The minimum absolute atomic E-state index is 0.107. The number of amides is 2. The monoisotopic (exact) mass is 227 g/mol. The topological polar surface area (TPSA) is 35.6 Å². The van der Waals surface area contributed by atoms with Crippen LogP contribution in [0.4, 0.5) is 4.79 Å². The highest BCUT2D eigenvalue weighted by molar-refractivity contribution is 5.74. The van der Waals surface area contributed by atoms with Crippen LogP contribution in [-0.4, -0.2) is 55.6 Å². The minimum atomic E-state index is 0.107. The predicted octanol–water partition coefficient (Wildman–Crippen LogP) is 1.52. The van der Waals surface area contributed by atoms with Crippen molar-refractivity contribution in [3.63, 3.8) is 0 Å². The Morgan fingerprint density at radius 1 is 1.25 bits per heavy atom. The molecule has 1 atom stereocenters. The molecule has 0 aromatic heterocycles. The molecule has 1 N–H and O–H groups in total. The van der Waals surface area contributed by atoms with Crippen LogP contribution in [0.25, 0.3) is 0 Å². The van der Waals surface area contributed by atoms with Gasteiger partial charge in [0.2, 0.25) is 0 Å². The molecule has 0 aliphatic carbocycles. The third-order valence-corrected chi connectivity index (χ3v) is 3.32. The van der Waals surface area contributed by atoms with Crippen LogP contribution in [0, 0.1) is 0 Å². The molecule has 1 rings (SSSR count). The number of carbonyl (C=O) groups is 1. The van der Waals surface area contributed by atoms with Crippen molar-refractivity contribution >= 4 is 6.03 Å². The maximum absolute atomic E-state index is 11.9. The van der Waals surface area contributed by atoms with Crippen molar-refractivity contribution in [2.75, 3.05) is 33.7 Å². The third-order valence-electron chi connectivity index (χ3n) is 3.32. The van der Waals surface area contributed by atoms with Gasteiger partial charge in [0.05, 0.1) is 0 Å². The molecule has 1 saturated heterocycles. The lowest BCUT2D eigenvalue weighted by molar-refractivity contribution is 0.195. The van der Waals surface area contributed by atoms with Crippen LogP contribution >= 0.6 is 0 Å². The van der Waals surface area contributed by atoms with E-state index in [9.17, 15) is 4.79 Å². The van der Waals surface area contributed by atoms with E-state index < -0.39 is 0 Å². The largest absolute Gasteiger partial charge is 0.336 e. The van der Waals surface area contributed by atoms with E-state index in [0.29, 0.717) is 6.04 Å². The Labute approximate surface area is 99.0 Å². The first-order chi connectivity index (χ1) is 7.61. The molecular formula is C12H25N3O. The zero-order valence-corrected chi connectivity index (χ0v) is 10.8. The van der Waals surface area contributed by atoms with Gasteiger partial charge in [-0.15, -0.1) is 0 Å². The molecule has 0 aromatic rings. The van der Waals surface area contributed by atoms with Gasteiger partial charge in [0.15, 0.2) is 0 Å². The molecule has 0 saturated carbocycles. The van der Waals surface area contributed by atoms with Crippen molar-refractivity contribution in [1.29, 1.82) is 0 Å². The number of likely N-dealkylation sites (tertiary alicyclic amines) is 1. The molecule has 1 unspecified atom stereocenters. The molecule has 1 fully saturated rings. The molecular weight excluding hydrogens is 202 g/mol. The van der Waals surface area contributed by atoms with Crippen LogP contribution < -0.4 is 5.32 Å². The third kappa shape index (κ3) is 4.39. The summed E-state index contributed by atoms with van der Waals surface area (Å²) in [6.45, 7) is 4.68. The molecule has 0 aromatic carbocycles. The van der Waals surface area contributed by atoms with Gasteiger partial charge in [-0.05, 0) is 33.9 Å². The number of carbonyl (C=O) groups excluding carboxylic acids is 1. The first-order valence-corrected chi connectivity index (χ1v) is 6.30. The summed E-state index contributed by atoms with van der Waals surface area (Å²) in [5, 5.41) is 3.01. The van der Waals surface area contributed by atoms with E-state index in [0.717, 1.165) is 32.5 Å². The summed E-state index contributed by atoms with van der Waals surface area (Å²) in [5.74, 6) is 0. The second-order valence-corrected chi connectivity index (χ2v) is 4.90. The average Bonchev–Trinajstić information content (AvgIpc) is 2.53. The van der Waals surface area contributed by atoms with Crippen molar-refractivity contribution in [3.8, 4) is 0 Å². The van der Waals surface area contributed by atoms with Crippen LogP contribution in [0.3, 0.4) is 0 Å². The first kappa shape index (κ1) is 13.3. The Morgan fingerprint density at radius 2 is 1.81 bits per heavy atom. The number of hydrogen-bond acceptors (Lipinski definition) is 2. The van der Waals surface area contributed by atoms with E-state index in [1.165, 1.54) is 12.8 Å². The highest BCUT2D eigenvalue weighted by Crippen LogP contribution is 2.09.